The third-order valence-corrected chi connectivity index (χ3v) is 8.12. The predicted octanol–water partition coefficient (Wildman–Crippen LogP) is 4.80. The van der Waals surface area contributed by atoms with Gasteiger partial charge in [-0.3, -0.25) is 4.79 Å². The van der Waals surface area contributed by atoms with E-state index in [2.05, 4.69) is 15.9 Å². The Hall–Kier alpha value is -4.12. The molecule has 0 saturated carbocycles. The van der Waals surface area contributed by atoms with Gasteiger partial charge >= 0.3 is 11.9 Å². The van der Waals surface area contributed by atoms with E-state index in [1.807, 2.05) is 36.4 Å². The molecule has 3 aromatic rings. The molecule has 2 aliphatic heterocycles. The Kier molecular flexibility index (Phi) is 7.29. The van der Waals surface area contributed by atoms with Gasteiger partial charge in [-0.2, -0.15) is 0 Å². The first kappa shape index (κ1) is 27.1. The molecular formula is C30H27BrO10. The Morgan fingerprint density at radius 2 is 1.56 bits per heavy atom. The number of ether oxygens (including phenoxy) is 8. The first-order chi connectivity index (χ1) is 19.9. The van der Waals surface area contributed by atoms with E-state index in [4.69, 9.17) is 37.9 Å². The van der Waals surface area contributed by atoms with Crippen molar-refractivity contribution >= 4 is 27.9 Å². The number of hydrogen-bond donors (Lipinski definition) is 0. The van der Waals surface area contributed by atoms with Gasteiger partial charge in [0.05, 0.1) is 33.9 Å². The molecule has 6 rings (SSSR count). The van der Waals surface area contributed by atoms with Crippen LogP contribution >= 0.6 is 15.9 Å². The van der Waals surface area contributed by atoms with Gasteiger partial charge in [-0.1, -0.05) is 15.9 Å². The number of benzene rings is 3. The maximum Gasteiger partial charge on any atom is 0.344 e. The number of fused-ring (bicyclic) bond motifs is 3. The highest BCUT2D eigenvalue weighted by molar-refractivity contribution is 9.10. The summed E-state index contributed by atoms with van der Waals surface area (Å²) < 4.78 is 46.2. The number of methoxy groups -OCH3 is 3. The molecule has 10 nitrogen and oxygen atoms in total. The molecule has 2 heterocycles. The van der Waals surface area contributed by atoms with Crippen LogP contribution in [-0.4, -0.2) is 53.3 Å². The van der Waals surface area contributed by atoms with Gasteiger partial charge < -0.3 is 37.9 Å². The second kappa shape index (κ2) is 11.0. The highest BCUT2D eigenvalue weighted by Gasteiger charge is 2.54. The molecular weight excluding hydrogens is 600 g/mol. The molecule has 3 aromatic carbocycles. The van der Waals surface area contributed by atoms with Crippen LogP contribution in [0.25, 0.3) is 0 Å². The molecule has 1 saturated heterocycles. The molecule has 41 heavy (non-hydrogen) atoms. The van der Waals surface area contributed by atoms with Crippen molar-refractivity contribution in [3.8, 4) is 34.5 Å². The van der Waals surface area contributed by atoms with Crippen molar-refractivity contribution in [1.82, 2.24) is 0 Å². The summed E-state index contributed by atoms with van der Waals surface area (Å²) in [4.78, 5) is 26.4. The summed E-state index contributed by atoms with van der Waals surface area (Å²) in [7, 11) is 4.60. The summed E-state index contributed by atoms with van der Waals surface area (Å²) in [5.41, 5.74) is 2.19. The van der Waals surface area contributed by atoms with Gasteiger partial charge in [-0.15, -0.1) is 0 Å². The molecule has 214 valence electrons. The topological polar surface area (TPSA) is 108 Å². The zero-order chi connectivity index (χ0) is 28.7. The van der Waals surface area contributed by atoms with Crippen LogP contribution in [-0.2, 0) is 19.1 Å². The summed E-state index contributed by atoms with van der Waals surface area (Å²) in [6.45, 7) is -0.155. The van der Waals surface area contributed by atoms with E-state index in [-0.39, 0.29) is 26.0 Å². The number of halogens is 1. The van der Waals surface area contributed by atoms with Crippen LogP contribution in [0.5, 0.6) is 34.5 Å². The monoisotopic (exact) mass is 626 g/mol. The molecule has 3 aliphatic rings. The number of carbonyl (C=O) groups excluding carboxylic acids is 2. The molecule has 4 atom stereocenters. The molecule has 1 aliphatic carbocycles. The standard InChI is InChI=1S/C30H27BrO10/c1-34-23-8-15(9-24(35-2)29(23)36-3)26-18-10-21-22(40-14-39-21)11-19(18)28(20-12-38-30(33)27(20)26)41-25(32)13-37-17-6-4-16(31)5-7-17/h4-11,20,26-28H,12-14H2,1-3H3. The van der Waals surface area contributed by atoms with Crippen molar-refractivity contribution in [3.05, 3.63) is 69.7 Å². The summed E-state index contributed by atoms with van der Waals surface area (Å²) in [5, 5.41) is 0. The lowest BCUT2D eigenvalue weighted by Crippen LogP contribution is -2.37. The number of esters is 2. The van der Waals surface area contributed by atoms with Crippen LogP contribution in [0.15, 0.2) is 53.0 Å². The second-order valence-corrected chi connectivity index (χ2v) is 10.7. The fraction of sp³-hybridized carbons (Fsp3) is 0.333. The molecule has 0 spiro atoms. The Morgan fingerprint density at radius 3 is 2.20 bits per heavy atom. The highest BCUT2D eigenvalue weighted by Crippen LogP contribution is 2.56. The lowest BCUT2D eigenvalue weighted by molar-refractivity contribution is -0.156. The zero-order valence-corrected chi connectivity index (χ0v) is 24.1. The van der Waals surface area contributed by atoms with E-state index in [1.165, 1.54) is 21.3 Å². The molecule has 1 fully saturated rings. The van der Waals surface area contributed by atoms with Gasteiger partial charge in [-0.05, 0) is 59.7 Å². The van der Waals surface area contributed by atoms with E-state index in [1.54, 1.807) is 12.1 Å². The van der Waals surface area contributed by atoms with Gasteiger partial charge in [0.15, 0.2) is 29.6 Å². The SMILES string of the molecule is COc1cc(C2c3cc4c(cc3C(OC(=O)COc3ccc(Br)cc3)C3COC(=O)C23)OCO4)cc(OC)c1OC. The average molecular weight is 627 g/mol. The van der Waals surface area contributed by atoms with Gasteiger partial charge in [0.25, 0.3) is 0 Å². The average Bonchev–Trinajstić information content (AvgIpc) is 3.61. The molecule has 4 unspecified atom stereocenters. The predicted molar refractivity (Wildman–Crippen MR) is 147 cm³/mol. The smallest absolute Gasteiger partial charge is 0.344 e. The lowest BCUT2D eigenvalue weighted by atomic mass is 9.66. The van der Waals surface area contributed by atoms with Gasteiger partial charge in [0, 0.05) is 21.9 Å². The minimum atomic E-state index is -0.782. The molecule has 0 amide bonds. The lowest BCUT2D eigenvalue weighted by Gasteiger charge is -2.38. The third-order valence-electron chi connectivity index (χ3n) is 7.59. The Morgan fingerprint density at radius 1 is 0.902 bits per heavy atom. The molecule has 0 radical (unpaired) electrons. The van der Waals surface area contributed by atoms with Gasteiger partial charge in [-0.25, -0.2) is 4.79 Å². The zero-order valence-electron chi connectivity index (χ0n) is 22.5. The quantitative estimate of drug-likeness (QED) is 0.323. The first-order valence-corrected chi connectivity index (χ1v) is 13.7. The van der Waals surface area contributed by atoms with E-state index >= 15 is 0 Å². The van der Waals surface area contributed by atoms with E-state index in [9.17, 15) is 9.59 Å². The highest BCUT2D eigenvalue weighted by atomic mass is 79.9. The van der Waals surface area contributed by atoms with E-state index in [0.717, 1.165) is 15.6 Å². The van der Waals surface area contributed by atoms with Gasteiger partial charge in [0.1, 0.15) is 11.9 Å². The van der Waals surface area contributed by atoms with Crippen molar-refractivity contribution < 1.29 is 47.5 Å². The van der Waals surface area contributed by atoms with Crippen molar-refractivity contribution in [2.45, 2.75) is 12.0 Å². The van der Waals surface area contributed by atoms with Crippen molar-refractivity contribution in [3.63, 3.8) is 0 Å². The fourth-order valence-electron chi connectivity index (χ4n) is 5.79. The van der Waals surface area contributed by atoms with Crippen molar-refractivity contribution in [1.29, 1.82) is 0 Å². The maximum atomic E-state index is 13.3. The Labute approximate surface area is 244 Å². The van der Waals surface area contributed by atoms with Crippen LogP contribution in [0.1, 0.15) is 28.7 Å². The number of hydrogen-bond acceptors (Lipinski definition) is 10. The van der Waals surface area contributed by atoms with E-state index in [0.29, 0.717) is 40.1 Å². The van der Waals surface area contributed by atoms with Crippen molar-refractivity contribution in [2.75, 3.05) is 41.3 Å². The van der Waals surface area contributed by atoms with Crippen molar-refractivity contribution in [2.24, 2.45) is 11.8 Å². The number of carbonyl (C=O) groups is 2. The Balaban J connectivity index is 1.41. The molecule has 0 N–H and O–H groups in total. The van der Waals surface area contributed by atoms with Crippen LogP contribution in [0.4, 0.5) is 0 Å². The van der Waals surface area contributed by atoms with Gasteiger partial charge in [0.2, 0.25) is 12.5 Å². The number of rotatable bonds is 8. The maximum absolute atomic E-state index is 13.3. The number of cyclic esters (lactones) is 1. The minimum Gasteiger partial charge on any atom is -0.493 e. The second-order valence-electron chi connectivity index (χ2n) is 9.74. The van der Waals surface area contributed by atoms with Crippen LogP contribution in [0, 0.1) is 11.8 Å². The molecule has 11 heteroatoms. The minimum absolute atomic E-state index is 0.0630. The summed E-state index contributed by atoms with van der Waals surface area (Å²) in [6.07, 6.45) is -0.782. The third kappa shape index (κ3) is 4.88. The van der Waals surface area contributed by atoms with Crippen LogP contribution in [0.3, 0.4) is 0 Å². The van der Waals surface area contributed by atoms with E-state index < -0.39 is 29.8 Å². The summed E-state index contributed by atoms with van der Waals surface area (Å²) in [5.74, 6) is 0.361. The molecule has 0 bridgehead atoms. The first-order valence-electron chi connectivity index (χ1n) is 12.9. The Bertz CT molecular complexity index is 1460. The largest absolute Gasteiger partial charge is 0.493 e. The van der Waals surface area contributed by atoms with Crippen LogP contribution in [0.2, 0.25) is 0 Å². The molecule has 0 aromatic heterocycles. The summed E-state index contributed by atoms with van der Waals surface area (Å²) >= 11 is 3.38. The normalized spacial score (nSPS) is 21.8. The summed E-state index contributed by atoms with van der Waals surface area (Å²) in [6, 6.07) is 14.4. The fourth-order valence-corrected chi connectivity index (χ4v) is 6.06. The van der Waals surface area contributed by atoms with Crippen LogP contribution < -0.4 is 28.4 Å².